The highest BCUT2D eigenvalue weighted by Crippen LogP contribution is 2.27. The van der Waals surface area contributed by atoms with Crippen molar-refractivity contribution >= 4 is 17.1 Å². The number of piperidine rings is 1. The lowest BCUT2D eigenvalue weighted by Crippen LogP contribution is -2.43. The Hall–Kier alpha value is -2.89. The van der Waals surface area contributed by atoms with Crippen LogP contribution in [0.25, 0.3) is 11.0 Å². The lowest BCUT2D eigenvalue weighted by Gasteiger charge is -2.31. The van der Waals surface area contributed by atoms with Gasteiger partial charge in [-0.1, -0.05) is 24.3 Å². The third kappa shape index (κ3) is 3.54. The molecule has 1 aliphatic rings. The molecule has 3 aromatic rings. The van der Waals surface area contributed by atoms with Gasteiger partial charge in [-0.2, -0.15) is 0 Å². The Bertz CT molecular complexity index is 865. The van der Waals surface area contributed by atoms with Gasteiger partial charge in [0.05, 0.1) is 11.0 Å². The van der Waals surface area contributed by atoms with Crippen LogP contribution < -0.4 is 5.32 Å². The Morgan fingerprint density at radius 1 is 1.15 bits per heavy atom. The summed E-state index contributed by atoms with van der Waals surface area (Å²) in [7, 11) is 0. The summed E-state index contributed by atoms with van der Waals surface area (Å²) < 4.78 is 12.9. The SMILES string of the molecule is O=C(NCc1ccc(F)cc1)N1CCC(c2nc3ccccc3[nH]2)CC1. The third-order valence-corrected chi connectivity index (χ3v) is 4.93. The van der Waals surface area contributed by atoms with E-state index >= 15 is 0 Å². The molecule has 0 atom stereocenters. The van der Waals surface area contributed by atoms with Crippen molar-refractivity contribution in [2.45, 2.75) is 25.3 Å². The van der Waals surface area contributed by atoms with Crippen LogP contribution in [0, 0.1) is 5.82 Å². The fraction of sp³-hybridized carbons (Fsp3) is 0.300. The summed E-state index contributed by atoms with van der Waals surface area (Å²) in [6.45, 7) is 1.82. The summed E-state index contributed by atoms with van der Waals surface area (Å²) in [5.41, 5.74) is 2.93. The Labute approximate surface area is 151 Å². The maximum Gasteiger partial charge on any atom is 0.317 e. The van der Waals surface area contributed by atoms with Crippen LogP contribution in [-0.2, 0) is 6.54 Å². The van der Waals surface area contributed by atoms with E-state index in [1.165, 1.54) is 12.1 Å². The molecule has 0 bridgehead atoms. The normalized spacial score (nSPS) is 15.3. The smallest absolute Gasteiger partial charge is 0.317 e. The molecular formula is C20H21FN4O. The minimum Gasteiger partial charge on any atom is -0.342 e. The van der Waals surface area contributed by atoms with Crippen LogP contribution in [-0.4, -0.2) is 34.0 Å². The quantitative estimate of drug-likeness (QED) is 0.753. The second kappa shape index (κ2) is 7.15. The molecule has 1 aliphatic heterocycles. The van der Waals surface area contributed by atoms with Gasteiger partial charge in [0.15, 0.2) is 0 Å². The zero-order valence-corrected chi connectivity index (χ0v) is 14.4. The average molecular weight is 352 g/mol. The van der Waals surface area contributed by atoms with Crippen molar-refractivity contribution in [1.29, 1.82) is 0 Å². The standard InChI is InChI=1S/C20H21FN4O/c21-16-7-5-14(6-8-16)13-22-20(26)25-11-9-15(10-12-25)19-23-17-3-1-2-4-18(17)24-19/h1-8,15H,9-13H2,(H,22,26)(H,23,24). The first-order valence-corrected chi connectivity index (χ1v) is 8.91. The Morgan fingerprint density at radius 3 is 2.62 bits per heavy atom. The van der Waals surface area contributed by atoms with Gasteiger partial charge in [-0.3, -0.25) is 0 Å². The molecule has 0 spiro atoms. The summed E-state index contributed by atoms with van der Waals surface area (Å²) in [4.78, 5) is 22.3. The largest absolute Gasteiger partial charge is 0.342 e. The zero-order chi connectivity index (χ0) is 17.9. The van der Waals surface area contributed by atoms with E-state index in [4.69, 9.17) is 0 Å². The van der Waals surface area contributed by atoms with Crippen molar-refractivity contribution in [2.24, 2.45) is 0 Å². The Morgan fingerprint density at radius 2 is 1.88 bits per heavy atom. The van der Waals surface area contributed by atoms with E-state index in [9.17, 15) is 9.18 Å². The van der Waals surface area contributed by atoms with E-state index < -0.39 is 0 Å². The van der Waals surface area contributed by atoms with Gasteiger partial charge in [0.2, 0.25) is 0 Å². The van der Waals surface area contributed by atoms with Crippen LogP contribution in [0.5, 0.6) is 0 Å². The first-order valence-electron chi connectivity index (χ1n) is 8.91. The highest BCUT2D eigenvalue weighted by Gasteiger charge is 2.25. The molecule has 0 saturated carbocycles. The minimum absolute atomic E-state index is 0.0719. The molecular weight excluding hydrogens is 331 g/mol. The van der Waals surface area contributed by atoms with Gasteiger partial charge in [-0.05, 0) is 42.7 Å². The van der Waals surface area contributed by atoms with Crippen LogP contribution >= 0.6 is 0 Å². The van der Waals surface area contributed by atoms with Gasteiger partial charge in [-0.25, -0.2) is 14.2 Å². The van der Waals surface area contributed by atoms with Crippen molar-refractivity contribution in [2.75, 3.05) is 13.1 Å². The second-order valence-electron chi connectivity index (χ2n) is 6.69. The number of benzene rings is 2. The third-order valence-electron chi connectivity index (χ3n) is 4.93. The van der Waals surface area contributed by atoms with E-state index in [0.717, 1.165) is 35.3 Å². The summed E-state index contributed by atoms with van der Waals surface area (Å²) in [5, 5.41) is 2.91. The molecule has 4 rings (SSSR count). The van der Waals surface area contributed by atoms with Crippen LogP contribution in [0.3, 0.4) is 0 Å². The number of hydrogen-bond acceptors (Lipinski definition) is 2. The van der Waals surface area contributed by atoms with Crippen molar-refractivity contribution in [3.63, 3.8) is 0 Å². The van der Waals surface area contributed by atoms with Crippen molar-refractivity contribution in [3.8, 4) is 0 Å². The number of fused-ring (bicyclic) bond motifs is 1. The van der Waals surface area contributed by atoms with Crippen molar-refractivity contribution in [3.05, 3.63) is 65.7 Å². The molecule has 2 N–H and O–H groups in total. The Balaban J connectivity index is 1.31. The van der Waals surface area contributed by atoms with E-state index in [0.29, 0.717) is 25.6 Å². The molecule has 1 fully saturated rings. The number of carbonyl (C=O) groups excluding carboxylic acids is 1. The fourth-order valence-electron chi connectivity index (χ4n) is 3.41. The molecule has 5 nitrogen and oxygen atoms in total. The lowest BCUT2D eigenvalue weighted by atomic mass is 9.96. The first-order chi connectivity index (χ1) is 12.7. The van der Waals surface area contributed by atoms with Gasteiger partial charge in [0, 0.05) is 25.6 Å². The molecule has 2 amide bonds. The predicted octanol–water partition coefficient (Wildman–Crippen LogP) is 3.79. The molecule has 1 aromatic heterocycles. The number of nitrogens with zero attached hydrogens (tertiary/aromatic N) is 2. The Kier molecular flexibility index (Phi) is 4.56. The van der Waals surface area contributed by atoms with Gasteiger partial charge >= 0.3 is 6.03 Å². The predicted molar refractivity (Wildman–Crippen MR) is 98.3 cm³/mol. The summed E-state index contributed by atoms with van der Waals surface area (Å²) in [6, 6.07) is 14.1. The monoisotopic (exact) mass is 352 g/mol. The highest BCUT2D eigenvalue weighted by molar-refractivity contribution is 5.75. The lowest BCUT2D eigenvalue weighted by molar-refractivity contribution is 0.180. The number of carbonyl (C=O) groups is 1. The molecule has 0 aliphatic carbocycles. The average Bonchev–Trinajstić information content (AvgIpc) is 3.12. The molecule has 6 heteroatoms. The first kappa shape index (κ1) is 16.6. The van der Waals surface area contributed by atoms with Gasteiger partial charge < -0.3 is 15.2 Å². The van der Waals surface area contributed by atoms with E-state index in [1.807, 2.05) is 29.2 Å². The van der Waals surface area contributed by atoms with E-state index in [2.05, 4.69) is 15.3 Å². The molecule has 1 saturated heterocycles. The number of aromatic amines is 1. The van der Waals surface area contributed by atoms with Crippen molar-refractivity contribution in [1.82, 2.24) is 20.2 Å². The molecule has 26 heavy (non-hydrogen) atoms. The number of amides is 2. The molecule has 2 heterocycles. The molecule has 134 valence electrons. The van der Waals surface area contributed by atoms with Crippen LogP contribution in [0.2, 0.25) is 0 Å². The maximum absolute atomic E-state index is 12.9. The number of nitrogens with one attached hydrogen (secondary N) is 2. The van der Waals surface area contributed by atoms with E-state index in [-0.39, 0.29) is 11.8 Å². The number of halogens is 1. The molecule has 0 radical (unpaired) electrons. The fourth-order valence-corrected chi connectivity index (χ4v) is 3.41. The van der Waals surface area contributed by atoms with Gasteiger partial charge in [0.25, 0.3) is 0 Å². The number of likely N-dealkylation sites (tertiary alicyclic amines) is 1. The number of urea groups is 1. The van der Waals surface area contributed by atoms with Gasteiger partial charge in [-0.15, -0.1) is 0 Å². The van der Waals surface area contributed by atoms with Crippen LogP contribution in [0.4, 0.5) is 9.18 Å². The molecule has 2 aromatic carbocycles. The van der Waals surface area contributed by atoms with E-state index in [1.54, 1.807) is 12.1 Å². The number of imidazole rings is 1. The molecule has 0 unspecified atom stereocenters. The number of hydrogen-bond donors (Lipinski definition) is 2. The minimum atomic E-state index is -0.271. The van der Waals surface area contributed by atoms with Crippen LogP contribution in [0.15, 0.2) is 48.5 Å². The number of H-pyrrole nitrogens is 1. The maximum atomic E-state index is 12.9. The summed E-state index contributed by atoms with van der Waals surface area (Å²) in [6.07, 6.45) is 1.79. The summed E-state index contributed by atoms with van der Waals surface area (Å²) in [5.74, 6) is 1.09. The number of rotatable bonds is 3. The topological polar surface area (TPSA) is 61.0 Å². The van der Waals surface area contributed by atoms with Crippen molar-refractivity contribution < 1.29 is 9.18 Å². The second-order valence-corrected chi connectivity index (χ2v) is 6.69. The van der Waals surface area contributed by atoms with Gasteiger partial charge in [0.1, 0.15) is 11.6 Å². The highest BCUT2D eigenvalue weighted by atomic mass is 19.1. The zero-order valence-electron chi connectivity index (χ0n) is 14.4. The number of aromatic nitrogens is 2. The summed E-state index contributed by atoms with van der Waals surface area (Å²) >= 11 is 0. The number of para-hydroxylation sites is 2. The van der Waals surface area contributed by atoms with Crippen LogP contribution in [0.1, 0.15) is 30.1 Å².